The minimum absolute atomic E-state index is 0. The van der Waals surface area contributed by atoms with Crippen molar-refractivity contribution in [3.63, 3.8) is 0 Å². The van der Waals surface area contributed by atoms with E-state index >= 15 is 0 Å². The maximum Gasteiger partial charge on any atom is 0.191 e. The van der Waals surface area contributed by atoms with Gasteiger partial charge >= 0.3 is 0 Å². The molecule has 0 aliphatic heterocycles. The lowest BCUT2D eigenvalue weighted by atomic mass is 10.0. The molecule has 2 aromatic rings. The van der Waals surface area contributed by atoms with Gasteiger partial charge in [-0.25, -0.2) is 0 Å². The van der Waals surface area contributed by atoms with E-state index < -0.39 is 0 Å². The van der Waals surface area contributed by atoms with Crippen LogP contribution < -0.4 is 10.6 Å². The summed E-state index contributed by atoms with van der Waals surface area (Å²) in [5, 5.41) is 9.14. The summed E-state index contributed by atoms with van der Waals surface area (Å²) in [5.74, 6) is 1.50. The highest BCUT2D eigenvalue weighted by atomic mass is 127. The standard InChI is InChI=1S/C18H23N3S.HI/c1-12-7-4-5-8-14(12)15-11-16(15)21-18(19-3)20-13(2)17-9-6-10-22-17;/h4-10,13,15-16H,11H2,1-3H3,(H2,19,20,21);1H. The molecule has 3 atom stereocenters. The maximum atomic E-state index is 4.37. The van der Waals surface area contributed by atoms with E-state index in [2.05, 4.69) is 71.3 Å². The zero-order chi connectivity index (χ0) is 15.5. The van der Waals surface area contributed by atoms with E-state index in [0.29, 0.717) is 12.0 Å². The summed E-state index contributed by atoms with van der Waals surface area (Å²) in [5.41, 5.74) is 2.84. The molecule has 1 fully saturated rings. The topological polar surface area (TPSA) is 36.4 Å². The zero-order valence-corrected chi connectivity index (χ0v) is 16.9. The van der Waals surface area contributed by atoms with Gasteiger partial charge in [0.05, 0.1) is 6.04 Å². The Labute approximate surface area is 159 Å². The first-order valence-corrected chi connectivity index (χ1v) is 8.65. The van der Waals surface area contributed by atoms with Gasteiger partial charge in [-0.15, -0.1) is 35.3 Å². The van der Waals surface area contributed by atoms with Crippen LogP contribution in [0.15, 0.2) is 46.8 Å². The molecule has 0 amide bonds. The first-order chi connectivity index (χ1) is 10.7. The molecule has 3 nitrogen and oxygen atoms in total. The van der Waals surface area contributed by atoms with Crippen molar-refractivity contribution in [2.75, 3.05) is 7.05 Å². The Kier molecular flexibility index (Phi) is 6.47. The third-order valence-corrected chi connectivity index (χ3v) is 5.30. The number of guanidine groups is 1. The number of hydrogen-bond donors (Lipinski definition) is 2. The van der Waals surface area contributed by atoms with Gasteiger partial charge in [0.1, 0.15) is 0 Å². The lowest BCUT2D eigenvalue weighted by Crippen LogP contribution is -2.40. The second kappa shape index (κ2) is 8.15. The quantitative estimate of drug-likeness (QED) is 0.418. The molecule has 1 saturated carbocycles. The first-order valence-electron chi connectivity index (χ1n) is 7.78. The van der Waals surface area contributed by atoms with Gasteiger partial charge in [0, 0.05) is 23.9 Å². The van der Waals surface area contributed by atoms with Crippen molar-refractivity contribution in [2.45, 2.75) is 38.3 Å². The van der Waals surface area contributed by atoms with Crippen LogP contribution in [-0.2, 0) is 0 Å². The van der Waals surface area contributed by atoms with Crippen molar-refractivity contribution < 1.29 is 0 Å². The van der Waals surface area contributed by atoms with Crippen molar-refractivity contribution in [3.8, 4) is 0 Å². The number of halogens is 1. The Balaban J connectivity index is 0.00000192. The molecule has 0 spiro atoms. The van der Waals surface area contributed by atoms with Crippen LogP contribution in [-0.4, -0.2) is 19.0 Å². The van der Waals surface area contributed by atoms with Gasteiger partial charge < -0.3 is 10.6 Å². The Hall–Kier alpha value is -1.08. The molecular weight excluding hydrogens is 417 g/mol. The Morgan fingerprint density at radius 1 is 1.26 bits per heavy atom. The molecule has 1 aromatic heterocycles. The van der Waals surface area contributed by atoms with Gasteiger partial charge in [-0.2, -0.15) is 0 Å². The summed E-state index contributed by atoms with van der Waals surface area (Å²) < 4.78 is 0. The van der Waals surface area contributed by atoms with E-state index in [1.54, 1.807) is 11.3 Å². The number of thiophene rings is 1. The van der Waals surface area contributed by atoms with E-state index in [1.165, 1.54) is 22.4 Å². The summed E-state index contributed by atoms with van der Waals surface area (Å²) in [7, 11) is 1.83. The molecule has 1 aliphatic carbocycles. The van der Waals surface area contributed by atoms with E-state index in [9.17, 15) is 0 Å². The fourth-order valence-electron chi connectivity index (χ4n) is 2.86. The predicted octanol–water partition coefficient (Wildman–Crippen LogP) is 4.46. The summed E-state index contributed by atoms with van der Waals surface area (Å²) >= 11 is 1.77. The fraction of sp³-hybridized carbons (Fsp3) is 0.389. The van der Waals surface area contributed by atoms with Crippen LogP contribution in [0.4, 0.5) is 0 Å². The fourth-order valence-corrected chi connectivity index (χ4v) is 3.60. The van der Waals surface area contributed by atoms with Crippen LogP contribution in [0.5, 0.6) is 0 Å². The number of benzene rings is 1. The average molecular weight is 441 g/mol. The Morgan fingerprint density at radius 2 is 2.04 bits per heavy atom. The molecule has 5 heteroatoms. The number of nitrogens with one attached hydrogen (secondary N) is 2. The molecule has 0 bridgehead atoms. The second-order valence-corrected chi connectivity index (χ2v) is 6.88. The smallest absolute Gasteiger partial charge is 0.191 e. The highest BCUT2D eigenvalue weighted by Crippen LogP contribution is 2.42. The molecular formula is C18H24IN3S. The van der Waals surface area contributed by atoms with Crippen LogP contribution in [0, 0.1) is 6.92 Å². The lowest BCUT2D eigenvalue weighted by molar-refractivity contribution is 0.692. The predicted molar refractivity (Wildman–Crippen MR) is 110 cm³/mol. The molecule has 3 rings (SSSR count). The number of aliphatic imine (C=N–C) groups is 1. The SMILES string of the molecule is CN=C(NC(C)c1cccs1)NC1CC1c1ccccc1C.I. The van der Waals surface area contributed by atoms with Crippen molar-refractivity contribution in [3.05, 3.63) is 57.8 Å². The van der Waals surface area contributed by atoms with Crippen molar-refractivity contribution in [1.29, 1.82) is 0 Å². The number of aryl methyl sites for hydroxylation is 1. The third-order valence-electron chi connectivity index (χ3n) is 4.25. The average Bonchev–Trinajstić information content (AvgIpc) is 3.05. The molecule has 0 saturated heterocycles. The summed E-state index contributed by atoms with van der Waals surface area (Å²) in [6.07, 6.45) is 1.18. The maximum absolute atomic E-state index is 4.37. The second-order valence-electron chi connectivity index (χ2n) is 5.90. The van der Waals surface area contributed by atoms with Gasteiger partial charge in [0.25, 0.3) is 0 Å². The third kappa shape index (κ3) is 4.47. The highest BCUT2D eigenvalue weighted by Gasteiger charge is 2.39. The van der Waals surface area contributed by atoms with Crippen LogP contribution in [0.25, 0.3) is 0 Å². The Bertz CT molecular complexity index is 654. The molecule has 1 aliphatic rings. The lowest BCUT2D eigenvalue weighted by Gasteiger charge is -2.17. The monoisotopic (exact) mass is 441 g/mol. The van der Waals surface area contributed by atoms with Gasteiger partial charge in [0.2, 0.25) is 0 Å². The molecule has 2 N–H and O–H groups in total. The van der Waals surface area contributed by atoms with Crippen molar-refractivity contribution in [1.82, 2.24) is 10.6 Å². The number of rotatable bonds is 4. The first kappa shape index (κ1) is 18.3. The summed E-state index contributed by atoms with van der Waals surface area (Å²) in [6, 6.07) is 13.7. The molecule has 1 heterocycles. The largest absolute Gasteiger partial charge is 0.353 e. The van der Waals surface area contributed by atoms with Gasteiger partial charge in [0.15, 0.2) is 5.96 Å². The summed E-state index contributed by atoms with van der Waals surface area (Å²) in [6.45, 7) is 4.36. The van der Waals surface area contributed by atoms with Gasteiger partial charge in [-0.3, -0.25) is 4.99 Å². The van der Waals surface area contributed by atoms with E-state index in [1.807, 2.05) is 7.05 Å². The minimum Gasteiger partial charge on any atom is -0.353 e. The van der Waals surface area contributed by atoms with Crippen LogP contribution in [0.1, 0.15) is 41.3 Å². The highest BCUT2D eigenvalue weighted by molar-refractivity contribution is 14.0. The van der Waals surface area contributed by atoms with Gasteiger partial charge in [-0.1, -0.05) is 30.3 Å². The van der Waals surface area contributed by atoms with E-state index in [0.717, 1.165) is 5.96 Å². The number of nitrogens with zero attached hydrogens (tertiary/aromatic N) is 1. The Morgan fingerprint density at radius 3 is 2.70 bits per heavy atom. The molecule has 1 aromatic carbocycles. The molecule has 124 valence electrons. The van der Waals surface area contributed by atoms with E-state index in [4.69, 9.17) is 0 Å². The van der Waals surface area contributed by atoms with Crippen LogP contribution in [0.3, 0.4) is 0 Å². The summed E-state index contributed by atoms with van der Waals surface area (Å²) in [4.78, 5) is 5.70. The molecule has 0 radical (unpaired) electrons. The van der Waals surface area contributed by atoms with Crippen LogP contribution >= 0.6 is 35.3 Å². The van der Waals surface area contributed by atoms with Crippen molar-refractivity contribution >= 4 is 41.3 Å². The number of hydrogen-bond acceptors (Lipinski definition) is 2. The minimum atomic E-state index is 0. The van der Waals surface area contributed by atoms with Crippen molar-refractivity contribution in [2.24, 2.45) is 4.99 Å². The molecule has 23 heavy (non-hydrogen) atoms. The molecule has 3 unspecified atom stereocenters. The van der Waals surface area contributed by atoms with Gasteiger partial charge in [-0.05, 0) is 42.8 Å². The van der Waals surface area contributed by atoms with Crippen LogP contribution in [0.2, 0.25) is 0 Å². The normalized spacial score (nSPS) is 21.3. The zero-order valence-electron chi connectivity index (χ0n) is 13.7. The van der Waals surface area contributed by atoms with E-state index in [-0.39, 0.29) is 30.0 Å².